The number of nitrogens with zero attached hydrogens (tertiary/aromatic N) is 6. The van der Waals surface area contributed by atoms with Crippen molar-refractivity contribution < 1.29 is 14.1 Å². The van der Waals surface area contributed by atoms with Crippen LogP contribution in [0.15, 0.2) is 35.1 Å². The van der Waals surface area contributed by atoms with Crippen molar-refractivity contribution in [2.45, 2.75) is 19.8 Å². The van der Waals surface area contributed by atoms with Gasteiger partial charge < -0.3 is 24.0 Å². The largest absolute Gasteiger partial charge is 0.497 e. The van der Waals surface area contributed by atoms with Crippen LogP contribution in [0, 0.1) is 5.92 Å². The van der Waals surface area contributed by atoms with Gasteiger partial charge in [0.15, 0.2) is 0 Å². The first-order valence-electron chi connectivity index (χ1n) is 11.7. The molecule has 33 heavy (non-hydrogen) atoms. The fourth-order valence-corrected chi connectivity index (χ4v) is 4.84. The zero-order chi connectivity index (χ0) is 22.8. The SMILES string of the molecule is CCN1CCN(C(=O)C2CCN(c3ncnc4onc(-c5ccc(OC)cc5)c34)CC2)CC1. The van der Waals surface area contributed by atoms with E-state index in [2.05, 4.69) is 36.7 Å². The fraction of sp³-hybridized carbons (Fsp3) is 0.500. The fourth-order valence-electron chi connectivity index (χ4n) is 4.84. The number of amides is 1. The number of piperazine rings is 1. The van der Waals surface area contributed by atoms with Gasteiger partial charge in [-0.3, -0.25) is 4.79 Å². The maximum absolute atomic E-state index is 13.1. The number of carbonyl (C=O) groups excluding carboxylic acids is 1. The molecule has 4 heterocycles. The molecular formula is C24H30N6O3. The number of ether oxygens (including phenoxy) is 1. The quantitative estimate of drug-likeness (QED) is 0.586. The second-order valence-corrected chi connectivity index (χ2v) is 8.66. The minimum atomic E-state index is 0.0790. The third-order valence-corrected chi connectivity index (χ3v) is 6.89. The minimum Gasteiger partial charge on any atom is -0.497 e. The molecule has 1 aromatic carbocycles. The van der Waals surface area contributed by atoms with Crippen LogP contribution in [0.5, 0.6) is 5.75 Å². The number of piperidine rings is 1. The maximum Gasteiger partial charge on any atom is 0.263 e. The molecule has 0 unspecified atom stereocenters. The Hall–Kier alpha value is -3.20. The van der Waals surface area contributed by atoms with Crippen LogP contribution in [0.2, 0.25) is 0 Å². The standard InChI is InChI=1S/C24H30N6O3/c1-3-28-12-14-30(15-13-28)24(31)18-8-10-29(11-9-18)22-20-21(27-33-23(20)26-16-25-22)17-4-6-19(32-2)7-5-17/h4-7,16,18H,3,8-15H2,1-2H3. The molecular weight excluding hydrogens is 420 g/mol. The summed E-state index contributed by atoms with van der Waals surface area (Å²) >= 11 is 0. The second kappa shape index (κ2) is 9.35. The topological polar surface area (TPSA) is 87.8 Å². The number of rotatable bonds is 5. The molecule has 2 aliphatic rings. The molecule has 174 valence electrons. The van der Waals surface area contributed by atoms with Crippen molar-refractivity contribution in [1.29, 1.82) is 0 Å². The zero-order valence-electron chi connectivity index (χ0n) is 19.2. The van der Waals surface area contributed by atoms with Crippen LogP contribution in [0.25, 0.3) is 22.4 Å². The van der Waals surface area contributed by atoms with Crippen LogP contribution in [0.1, 0.15) is 19.8 Å². The van der Waals surface area contributed by atoms with E-state index in [1.54, 1.807) is 7.11 Å². The number of anilines is 1. The Labute approximate surface area is 193 Å². The van der Waals surface area contributed by atoms with E-state index in [1.165, 1.54) is 6.33 Å². The third kappa shape index (κ3) is 4.25. The molecule has 0 aliphatic carbocycles. The van der Waals surface area contributed by atoms with Gasteiger partial charge in [-0.15, -0.1) is 0 Å². The molecule has 2 saturated heterocycles. The minimum absolute atomic E-state index is 0.0790. The Balaban J connectivity index is 1.31. The normalized spacial score (nSPS) is 18.1. The summed E-state index contributed by atoms with van der Waals surface area (Å²) in [4.78, 5) is 28.6. The first-order chi connectivity index (χ1) is 16.2. The average molecular weight is 451 g/mol. The number of methoxy groups -OCH3 is 1. The van der Waals surface area contributed by atoms with E-state index in [0.29, 0.717) is 11.6 Å². The Bertz CT molecular complexity index is 1100. The lowest BCUT2D eigenvalue weighted by atomic mass is 9.94. The number of hydrogen-bond acceptors (Lipinski definition) is 8. The molecule has 0 atom stereocenters. The second-order valence-electron chi connectivity index (χ2n) is 8.66. The highest BCUT2D eigenvalue weighted by Gasteiger charge is 2.32. The molecule has 1 amide bonds. The lowest BCUT2D eigenvalue weighted by molar-refractivity contribution is -0.137. The van der Waals surface area contributed by atoms with Gasteiger partial charge in [0.25, 0.3) is 5.71 Å². The smallest absolute Gasteiger partial charge is 0.263 e. The van der Waals surface area contributed by atoms with E-state index >= 15 is 0 Å². The third-order valence-electron chi connectivity index (χ3n) is 6.89. The molecule has 0 spiro atoms. The van der Waals surface area contributed by atoms with Crippen molar-refractivity contribution in [3.63, 3.8) is 0 Å². The Morgan fingerprint density at radius 1 is 1.06 bits per heavy atom. The number of carbonyl (C=O) groups is 1. The lowest BCUT2D eigenvalue weighted by Gasteiger charge is -2.38. The summed E-state index contributed by atoms with van der Waals surface area (Å²) in [6.07, 6.45) is 3.16. The predicted molar refractivity (Wildman–Crippen MR) is 125 cm³/mol. The van der Waals surface area contributed by atoms with E-state index in [4.69, 9.17) is 9.26 Å². The lowest BCUT2D eigenvalue weighted by Crippen LogP contribution is -2.51. The van der Waals surface area contributed by atoms with E-state index < -0.39 is 0 Å². The summed E-state index contributed by atoms with van der Waals surface area (Å²) in [5, 5.41) is 5.09. The van der Waals surface area contributed by atoms with Gasteiger partial charge in [0, 0.05) is 50.7 Å². The number of aromatic nitrogens is 3. The summed E-state index contributed by atoms with van der Waals surface area (Å²) in [5.74, 6) is 1.98. The van der Waals surface area contributed by atoms with Gasteiger partial charge in [-0.1, -0.05) is 12.1 Å². The average Bonchev–Trinajstić information content (AvgIpc) is 3.33. The van der Waals surface area contributed by atoms with E-state index in [9.17, 15) is 4.79 Å². The highest BCUT2D eigenvalue weighted by atomic mass is 16.5. The molecule has 9 heteroatoms. The maximum atomic E-state index is 13.1. The molecule has 5 rings (SSSR count). The van der Waals surface area contributed by atoms with Crippen LogP contribution in [0.4, 0.5) is 5.82 Å². The van der Waals surface area contributed by atoms with Crippen molar-refractivity contribution in [2.75, 3.05) is 57.8 Å². The zero-order valence-corrected chi connectivity index (χ0v) is 19.2. The molecule has 9 nitrogen and oxygen atoms in total. The Morgan fingerprint density at radius 2 is 1.79 bits per heavy atom. The highest BCUT2D eigenvalue weighted by molar-refractivity contribution is 5.98. The van der Waals surface area contributed by atoms with Crippen molar-refractivity contribution in [3.05, 3.63) is 30.6 Å². The summed E-state index contributed by atoms with van der Waals surface area (Å²) < 4.78 is 10.8. The van der Waals surface area contributed by atoms with Crippen LogP contribution >= 0.6 is 0 Å². The predicted octanol–water partition coefficient (Wildman–Crippen LogP) is 2.67. The molecule has 0 bridgehead atoms. The van der Waals surface area contributed by atoms with Gasteiger partial charge in [-0.2, -0.15) is 4.98 Å². The molecule has 3 aromatic rings. The van der Waals surface area contributed by atoms with Gasteiger partial charge in [-0.25, -0.2) is 4.98 Å². The Morgan fingerprint density at radius 3 is 2.45 bits per heavy atom. The summed E-state index contributed by atoms with van der Waals surface area (Å²) in [5.41, 5.74) is 2.11. The van der Waals surface area contributed by atoms with E-state index in [0.717, 1.165) is 86.9 Å². The first-order valence-corrected chi connectivity index (χ1v) is 11.7. The number of fused-ring (bicyclic) bond motifs is 1. The summed E-state index contributed by atoms with van der Waals surface area (Å²) in [6.45, 7) is 8.39. The van der Waals surface area contributed by atoms with Crippen molar-refractivity contribution in [2.24, 2.45) is 5.92 Å². The van der Waals surface area contributed by atoms with Gasteiger partial charge >= 0.3 is 0 Å². The Kier molecular flexibility index (Phi) is 6.13. The highest BCUT2D eigenvalue weighted by Crippen LogP contribution is 2.35. The number of likely N-dealkylation sites (N-methyl/N-ethyl adjacent to an activating group) is 1. The van der Waals surface area contributed by atoms with Crippen molar-refractivity contribution >= 4 is 22.8 Å². The van der Waals surface area contributed by atoms with E-state index in [-0.39, 0.29) is 5.92 Å². The summed E-state index contributed by atoms with van der Waals surface area (Å²) in [7, 11) is 1.64. The molecule has 2 aromatic heterocycles. The molecule has 0 saturated carbocycles. The first kappa shape index (κ1) is 21.6. The molecule has 2 aliphatic heterocycles. The van der Waals surface area contributed by atoms with Gasteiger partial charge in [0.1, 0.15) is 29.0 Å². The van der Waals surface area contributed by atoms with Gasteiger partial charge in [-0.05, 0) is 43.7 Å². The van der Waals surface area contributed by atoms with Crippen LogP contribution in [-0.4, -0.2) is 83.8 Å². The summed E-state index contributed by atoms with van der Waals surface area (Å²) in [6, 6.07) is 7.71. The molecule has 2 fully saturated rings. The van der Waals surface area contributed by atoms with Crippen LogP contribution in [0.3, 0.4) is 0 Å². The molecule has 0 radical (unpaired) electrons. The number of hydrogen-bond donors (Lipinski definition) is 0. The van der Waals surface area contributed by atoms with E-state index in [1.807, 2.05) is 24.3 Å². The number of benzene rings is 1. The van der Waals surface area contributed by atoms with Crippen molar-refractivity contribution in [1.82, 2.24) is 24.9 Å². The van der Waals surface area contributed by atoms with Crippen LogP contribution in [-0.2, 0) is 4.79 Å². The molecule has 0 N–H and O–H groups in total. The van der Waals surface area contributed by atoms with Gasteiger partial charge in [0.2, 0.25) is 5.91 Å². The van der Waals surface area contributed by atoms with Gasteiger partial charge in [0.05, 0.1) is 7.11 Å². The van der Waals surface area contributed by atoms with Crippen molar-refractivity contribution in [3.8, 4) is 17.0 Å². The monoisotopic (exact) mass is 450 g/mol. The van der Waals surface area contributed by atoms with Crippen LogP contribution < -0.4 is 9.64 Å².